The Morgan fingerprint density at radius 3 is 1.79 bits per heavy atom. The van der Waals surface area contributed by atoms with Gasteiger partial charge in [0, 0.05) is 15.9 Å². The summed E-state index contributed by atoms with van der Waals surface area (Å²) >= 11 is 3.19. The maximum absolute atomic E-state index is 6.78. The molecule has 0 N–H and O–H groups in total. The molecule has 0 aliphatic carbocycles. The molecule has 0 aromatic heterocycles. The maximum Gasteiger partial charge on any atom is 0.263 e. The summed E-state index contributed by atoms with van der Waals surface area (Å²) in [5.74, 6) is 3.06. The first-order valence-corrected chi connectivity index (χ1v) is 10.7. The van der Waals surface area contributed by atoms with Crippen LogP contribution in [-0.2, 0) is 4.43 Å². The Morgan fingerprint density at radius 2 is 1.46 bits per heavy atom. The Bertz CT molecular complexity index is 684. The molecule has 0 bridgehead atoms. The van der Waals surface area contributed by atoms with Crippen LogP contribution in [0.25, 0.3) is 0 Å². The van der Waals surface area contributed by atoms with Crippen LogP contribution in [-0.4, -0.2) is 14.4 Å². The molecule has 0 radical (unpaired) electrons. The quantitative estimate of drug-likeness (QED) is 0.410. The highest BCUT2D eigenvalue weighted by atomic mass is 79.9. The monoisotopic (exact) mass is 398 g/mol. The van der Waals surface area contributed by atoms with E-state index in [-0.39, 0.29) is 11.1 Å². The minimum atomic E-state index is -2.57. The lowest BCUT2D eigenvalue weighted by Crippen LogP contribution is -2.67. The smallest absolute Gasteiger partial charge is 0.263 e. The lowest BCUT2D eigenvalue weighted by Gasteiger charge is -2.44. The van der Waals surface area contributed by atoms with E-state index in [0.717, 1.165) is 0 Å². The lowest BCUT2D eigenvalue weighted by molar-refractivity contribution is 0.285. The summed E-state index contributed by atoms with van der Waals surface area (Å²) in [6.45, 7) is 10.7. The maximum atomic E-state index is 6.78. The van der Waals surface area contributed by atoms with Gasteiger partial charge in [0.2, 0.25) is 0 Å². The first kappa shape index (κ1) is 18.7. The fraction of sp³-hybridized carbons (Fsp3) is 0.238. The van der Waals surface area contributed by atoms with Crippen LogP contribution in [0.2, 0.25) is 5.04 Å². The largest absolute Gasteiger partial charge is 0.390 e. The van der Waals surface area contributed by atoms with Crippen LogP contribution in [0.1, 0.15) is 20.8 Å². The molecule has 1 nitrogen and oxygen atoms in total. The molecule has 0 aliphatic rings. The van der Waals surface area contributed by atoms with Gasteiger partial charge in [-0.25, -0.2) is 0 Å². The molecule has 0 saturated carbocycles. The second kappa shape index (κ2) is 7.98. The first-order valence-electron chi connectivity index (χ1n) is 7.98. The molecule has 0 unspecified atom stereocenters. The number of rotatable bonds is 5. The van der Waals surface area contributed by atoms with Crippen molar-refractivity contribution < 1.29 is 4.43 Å². The Kier molecular flexibility index (Phi) is 6.23. The fourth-order valence-electron chi connectivity index (χ4n) is 3.07. The molecule has 1 atom stereocenters. The van der Waals surface area contributed by atoms with Crippen molar-refractivity contribution in [2.45, 2.75) is 31.9 Å². The van der Waals surface area contributed by atoms with Crippen LogP contribution < -0.4 is 10.4 Å². The van der Waals surface area contributed by atoms with Crippen molar-refractivity contribution in [1.29, 1.82) is 0 Å². The highest BCUT2D eigenvalue weighted by Crippen LogP contribution is 2.37. The van der Waals surface area contributed by atoms with E-state index in [1.165, 1.54) is 10.4 Å². The minimum Gasteiger partial charge on any atom is -0.390 e. The van der Waals surface area contributed by atoms with Crippen LogP contribution in [0.15, 0.2) is 73.3 Å². The molecule has 0 aliphatic heterocycles. The van der Waals surface area contributed by atoms with Crippen molar-refractivity contribution >= 4 is 34.6 Å². The standard InChI is InChI=1S/C21H23BrOSi/c1-5-18(16-17-22)23-24(21(2,3)4,19-12-8-6-9-13-19)20-14-10-7-11-15-20/h5-15,18H,1H2,2-4H3/t18-/m0/s1. The highest BCUT2D eigenvalue weighted by Gasteiger charge is 2.51. The van der Waals surface area contributed by atoms with Gasteiger partial charge in [0.1, 0.15) is 6.10 Å². The number of hydrogen-bond acceptors (Lipinski definition) is 1. The van der Waals surface area contributed by atoms with E-state index in [4.69, 9.17) is 4.43 Å². The summed E-state index contributed by atoms with van der Waals surface area (Å²) in [7, 11) is -2.57. The van der Waals surface area contributed by atoms with Crippen molar-refractivity contribution in [3.63, 3.8) is 0 Å². The number of halogens is 1. The minimum absolute atomic E-state index is 0.0645. The average molecular weight is 399 g/mol. The summed E-state index contributed by atoms with van der Waals surface area (Å²) in [5.41, 5.74) is 0. The second-order valence-corrected chi connectivity index (χ2v) is 11.3. The predicted octanol–water partition coefficient (Wildman–Crippen LogP) is 4.47. The van der Waals surface area contributed by atoms with Crippen molar-refractivity contribution in [2.24, 2.45) is 0 Å². The molecule has 24 heavy (non-hydrogen) atoms. The van der Waals surface area contributed by atoms with E-state index in [9.17, 15) is 0 Å². The van der Waals surface area contributed by atoms with Crippen LogP contribution in [0, 0.1) is 10.8 Å². The van der Waals surface area contributed by atoms with Gasteiger partial charge in [-0.3, -0.25) is 0 Å². The Balaban J connectivity index is 2.74. The van der Waals surface area contributed by atoms with Gasteiger partial charge in [0.25, 0.3) is 8.32 Å². The van der Waals surface area contributed by atoms with E-state index in [1.807, 2.05) is 12.1 Å². The van der Waals surface area contributed by atoms with E-state index in [1.54, 1.807) is 6.08 Å². The van der Waals surface area contributed by atoms with Gasteiger partial charge in [-0.05, 0) is 20.2 Å². The van der Waals surface area contributed by atoms with Crippen LogP contribution in [0.4, 0.5) is 0 Å². The molecule has 2 aromatic carbocycles. The van der Waals surface area contributed by atoms with E-state index >= 15 is 0 Å². The third-order valence-corrected chi connectivity index (χ3v) is 9.37. The van der Waals surface area contributed by atoms with Gasteiger partial charge < -0.3 is 4.43 Å². The molecule has 124 valence electrons. The molecule has 0 spiro atoms. The van der Waals surface area contributed by atoms with Crippen LogP contribution >= 0.6 is 15.9 Å². The van der Waals surface area contributed by atoms with Crippen molar-refractivity contribution in [3.8, 4) is 10.8 Å². The molecule has 0 saturated heterocycles. The molecule has 0 heterocycles. The molecular weight excluding hydrogens is 376 g/mol. The van der Waals surface area contributed by atoms with Gasteiger partial charge in [-0.1, -0.05) is 100 Å². The van der Waals surface area contributed by atoms with Gasteiger partial charge in [0.05, 0.1) is 0 Å². The molecule has 0 fully saturated rings. The fourth-order valence-corrected chi connectivity index (χ4v) is 7.85. The Morgan fingerprint density at radius 1 is 1.00 bits per heavy atom. The zero-order valence-corrected chi connectivity index (χ0v) is 17.0. The molecule has 3 heteroatoms. The van der Waals surface area contributed by atoms with Gasteiger partial charge >= 0.3 is 0 Å². The molecule has 2 rings (SSSR count). The predicted molar refractivity (Wildman–Crippen MR) is 109 cm³/mol. The van der Waals surface area contributed by atoms with Gasteiger partial charge in [0.15, 0.2) is 0 Å². The van der Waals surface area contributed by atoms with E-state index < -0.39 is 8.32 Å². The lowest BCUT2D eigenvalue weighted by atomic mass is 10.2. The second-order valence-electron chi connectivity index (χ2n) is 6.68. The Labute approximate surface area is 155 Å². The number of benzene rings is 2. The topological polar surface area (TPSA) is 9.23 Å². The van der Waals surface area contributed by atoms with Crippen molar-refractivity contribution in [1.82, 2.24) is 0 Å². The zero-order chi connectivity index (χ0) is 17.6. The zero-order valence-electron chi connectivity index (χ0n) is 14.4. The SMILES string of the molecule is C=C[C@@H](C#CBr)O[Si](c1ccccc1)(c1ccccc1)C(C)(C)C. The molecule has 0 amide bonds. The summed E-state index contributed by atoms with van der Waals surface area (Å²) < 4.78 is 6.78. The first-order chi connectivity index (χ1) is 11.5. The van der Waals surface area contributed by atoms with E-state index in [0.29, 0.717) is 0 Å². The van der Waals surface area contributed by atoms with Crippen LogP contribution in [0.3, 0.4) is 0 Å². The normalized spacial score (nSPS) is 12.8. The van der Waals surface area contributed by atoms with E-state index in [2.05, 4.69) is 103 Å². The average Bonchev–Trinajstić information content (AvgIpc) is 2.59. The van der Waals surface area contributed by atoms with Crippen molar-refractivity contribution in [2.75, 3.05) is 0 Å². The molecule has 2 aromatic rings. The van der Waals surface area contributed by atoms with Crippen LogP contribution in [0.5, 0.6) is 0 Å². The number of hydrogen-bond donors (Lipinski definition) is 0. The third kappa shape index (κ3) is 3.72. The summed E-state index contributed by atoms with van der Waals surface area (Å²) in [4.78, 5) is 2.78. The Hall–Kier alpha value is -1.60. The molecular formula is C21H23BrOSi. The summed E-state index contributed by atoms with van der Waals surface area (Å²) in [6.07, 6.45) is 1.45. The summed E-state index contributed by atoms with van der Waals surface area (Å²) in [5, 5.41) is 2.42. The van der Waals surface area contributed by atoms with Gasteiger partial charge in [-0.15, -0.1) is 0 Å². The third-order valence-electron chi connectivity index (χ3n) is 4.13. The van der Waals surface area contributed by atoms with Gasteiger partial charge in [-0.2, -0.15) is 0 Å². The summed E-state index contributed by atoms with van der Waals surface area (Å²) in [6, 6.07) is 21.1. The highest BCUT2D eigenvalue weighted by molar-refractivity contribution is 9.12. The van der Waals surface area contributed by atoms with Crippen molar-refractivity contribution in [3.05, 3.63) is 73.3 Å².